The van der Waals surface area contributed by atoms with E-state index in [1.807, 2.05) is 61.5 Å². The first-order valence-electron chi connectivity index (χ1n) is 14.2. The van der Waals surface area contributed by atoms with Gasteiger partial charge in [-0.05, 0) is 85.3 Å². The SMILES string of the molecule is CCCNCCc1cccc(Nc2nc(-c3cccc(NC(=O)c4ccc(C(C)(C)C)cc4)c3C)cn(C)c2=O)c1. The highest BCUT2D eigenvalue weighted by atomic mass is 16.1. The molecule has 3 aromatic carbocycles. The molecule has 0 unspecified atom stereocenters. The van der Waals surface area contributed by atoms with Crippen molar-refractivity contribution in [1.29, 1.82) is 0 Å². The Hall–Kier alpha value is -4.23. The van der Waals surface area contributed by atoms with Gasteiger partial charge in [-0.25, -0.2) is 4.98 Å². The molecule has 0 bridgehead atoms. The molecule has 4 rings (SSSR count). The van der Waals surface area contributed by atoms with Gasteiger partial charge in [0.15, 0.2) is 5.82 Å². The second-order valence-corrected chi connectivity index (χ2v) is 11.5. The molecular formula is C34H41N5O2. The number of anilines is 3. The molecule has 4 aromatic rings. The molecule has 214 valence electrons. The van der Waals surface area contributed by atoms with Crippen molar-refractivity contribution < 1.29 is 4.79 Å². The number of rotatable bonds is 10. The van der Waals surface area contributed by atoms with Gasteiger partial charge >= 0.3 is 0 Å². The minimum absolute atomic E-state index is 0.0188. The summed E-state index contributed by atoms with van der Waals surface area (Å²) in [6, 6.07) is 21.5. The molecular weight excluding hydrogens is 510 g/mol. The van der Waals surface area contributed by atoms with Crippen molar-refractivity contribution in [3.8, 4) is 11.3 Å². The number of amides is 1. The highest BCUT2D eigenvalue weighted by Crippen LogP contribution is 2.29. The van der Waals surface area contributed by atoms with E-state index >= 15 is 0 Å². The van der Waals surface area contributed by atoms with Crippen LogP contribution < -0.4 is 21.5 Å². The van der Waals surface area contributed by atoms with E-state index in [2.05, 4.69) is 55.8 Å². The first-order chi connectivity index (χ1) is 19.6. The van der Waals surface area contributed by atoms with E-state index < -0.39 is 0 Å². The fraction of sp³-hybridized carbons (Fsp3) is 0.324. The first-order valence-corrected chi connectivity index (χ1v) is 14.2. The summed E-state index contributed by atoms with van der Waals surface area (Å²) in [7, 11) is 1.72. The van der Waals surface area contributed by atoms with Crippen LogP contribution >= 0.6 is 0 Å². The zero-order valence-electron chi connectivity index (χ0n) is 25.0. The minimum Gasteiger partial charge on any atom is -0.336 e. The van der Waals surface area contributed by atoms with Gasteiger partial charge in [0.25, 0.3) is 11.5 Å². The Balaban J connectivity index is 1.56. The van der Waals surface area contributed by atoms with Crippen LogP contribution in [0, 0.1) is 6.92 Å². The van der Waals surface area contributed by atoms with Crippen LogP contribution in [-0.2, 0) is 18.9 Å². The van der Waals surface area contributed by atoms with Crippen molar-refractivity contribution in [2.45, 2.75) is 52.9 Å². The number of aromatic nitrogens is 2. The molecule has 41 heavy (non-hydrogen) atoms. The van der Waals surface area contributed by atoms with E-state index in [0.29, 0.717) is 16.9 Å². The Bertz CT molecular complexity index is 1570. The van der Waals surface area contributed by atoms with Crippen LogP contribution in [0.4, 0.5) is 17.2 Å². The average molecular weight is 552 g/mol. The molecule has 3 N–H and O–H groups in total. The second kappa shape index (κ2) is 13.0. The van der Waals surface area contributed by atoms with Gasteiger partial charge in [0, 0.05) is 35.7 Å². The van der Waals surface area contributed by atoms with Crippen molar-refractivity contribution in [2.24, 2.45) is 7.05 Å². The number of benzene rings is 3. The van der Waals surface area contributed by atoms with Crippen molar-refractivity contribution in [3.63, 3.8) is 0 Å². The molecule has 1 amide bonds. The van der Waals surface area contributed by atoms with Crippen molar-refractivity contribution in [3.05, 3.63) is 106 Å². The summed E-state index contributed by atoms with van der Waals surface area (Å²) >= 11 is 0. The molecule has 0 saturated heterocycles. The van der Waals surface area contributed by atoms with Crippen LogP contribution in [-0.4, -0.2) is 28.5 Å². The van der Waals surface area contributed by atoms with E-state index in [0.717, 1.165) is 42.7 Å². The van der Waals surface area contributed by atoms with Gasteiger partial charge in [-0.3, -0.25) is 9.59 Å². The summed E-state index contributed by atoms with van der Waals surface area (Å²) in [6.45, 7) is 12.4. The normalized spacial score (nSPS) is 11.4. The number of nitrogens with one attached hydrogen (secondary N) is 3. The number of hydrogen-bond donors (Lipinski definition) is 3. The standard InChI is InChI=1S/C34H41N5O2/c1-7-19-35-20-18-24-10-8-11-27(21-24)36-31-33(41)39(6)22-30(37-31)28-12-9-13-29(23(28)2)38-32(40)25-14-16-26(17-15-25)34(3,4)5/h8-17,21-22,35H,7,18-20H2,1-6H3,(H,36,37)(H,38,40). The van der Waals surface area contributed by atoms with Crippen LogP contribution in [0.5, 0.6) is 0 Å². The van der Waals surface area contributed by atoms with Gasteiger partial charge in [0.1, 0.15) is 0 Å². The third-order valence-corrected chi connectivity index (χ3v) is 7.15. The first kappa shape index (κ1) is 29.7. The Morgan fingerprint density at radius 1 is 0.976 bits per heavy atom. The number of nitrogens with zero attached hydrogens (tertiary/aromatic N) is 2. The van der Waals surface area contributed by atoms with Crippen LogP contribution in [0.2, 0.25) is 0 Å². The molecule has 0 aliphatic carbocycles. The Kier molecular flexibility index (Phi) is 9.40. The van der Waals surface area contributed by atoms with E-state index in [1.54, 1.807) is 13.2 Å². The summed E-state index contributed by atoms with van der Waals surface area (Å²) < 4.78 is 1.53. The highest BCUT2D eigenvalue weighted by molar-refractivity contribution is 6.05. The van der Waals surface area contributed by atoms with Crippen molar-refractivity contribution >= 4 is 23.1 Å². The van der Waals surface area contributed by atoms with Gasteiger partial charge in [-0.15, -0.1) is 0 Å². The predicted octanol–water partition coefficient (Wildman–Crippen LogP) is 6.59. The lowest BCUT2D eigenvalue weighted by Gasteiger charge is -2.19. The van der Waals surface area contributed by atoms with Crippen molar-refractivity contribution in [1.82, 2.24) is 14.9 Å². The molecule has 0 spiro atoms. The lowest BCUT2D eigenvalue weighted by Crippen LogP contribution is -2.21. The molecule has 7 heteroatoms. The molecule has 0 atom stereocenters. The Morgan fingerprint density at radius 2 is 1.71 bits per heavy atom. The zero-order chi connectivity index (χ0) is 29.6. The van der Waals surface area contributed by atoms with Gasteiger partial charge in [-0.2, -0.15) is 0 Å². The van der Waals surface area contributed by atoms with Gasteiger partial charge in [0.05, 0.1) is 5.69 Å². The molecule has 7 nitrogen and oxygen atoms in total. The zero-order valence-corrected chi connectivity index (χ0v) is 25.0. The fourth-order valence-electron chi connectivity index (χ4n) is 4.66. The summed E-state index contributed by atoms with van der Waals surface area (Å²) in [5.41, 5.74) is 6.60. The lowest BCUT2D eigenvalue weighted by molar-refractivity contribution is 0.102. The van der Waals surface area contributed by atoms with Crippen LogP contribution in [0.15, 0.2) is 77.7 Å². The van der Waals surface area contributed by atoms with E-state index in [-0.39, 0.29) is 22.7 Å². The maximum atomic E-state index is 13.1. The topological polar surface area (TPSA) is 88.1 Å². The molecule has 0 saturated carbocycles. The van der Waals surface area contributed by atoms with Crippen LogP contribution in [0.25, 0.3) is 11.3 Å². The monoisotopic (exact) mass is 551 g/mol. The third-order valence-electron chi connectivity index (χ3n) is 7.15. The summed E-state index contributed by atoms with van der Waals surface area (Å²) in [6.07, 6.45) is 3.73. The molecule has 0 aliphatic heterocycles. The third kappa shape index (κ3) is 7.50. The number of carbonyl (C=O) groups excluding carboxylic acids is 1. The number of aryl methyl sites for hydroxylation is 1. The van der Waals surface area contributed by atoms with Gasteiger partial charge in [0.2, 0.25) is 0 Å². The predicted molar refractivity (Wildman–Crippen MR) is 169 cm³/mol. The van der Waals surface area contributed by atoms with E-state index in [4.69, 9.17) is 4.98 Å². The van der Waals surface area contributed by atoms with E-state index in [1.165, 1.54) is 15.7 Å². The average Bonchev–Trinajstić information content (AvgIpc) is 2.94. The van der Waals surface area contributed by atoms with Gasteiger partial charge in [-0.1, -0.05) is 64.1 Å². The smallest absolute Gasteiger partial charge is 0.293 e. The maximum absolute atomic E-state index is 13.1. The van der Waals surface area contributed by atoms with Gasteiger partial charge < -0.3 is 20.5 Å². The number of hydrogen-bond acceptors (Lipinski definition) is 5. The minimum atomic E-state index is -0.218. The Morgan fingerprint density at radius 3 is 2.41 bits per heavy atom. The molecule has 0 aliphatic rings. The lowest BCUT2D eigenvalue weighted by atomic mass is 9.86. The quantitative estimate of drug-likeness (QED) is 0.194. The summed E-state index contributed by atoms with van der Waals surface area (Å²) in [5.74, 6) is 0.0743. The van der Waals surface area contributed by atoms with E-state index in [9.17, 15) is 9.59 Å². The van der Waals surface area contributed by atoms with Crippen LogP contribution in [0.1, 0.15) is 61.2 Å². The summed E-state index contributed by atoms with van der Waals surface area (Å²) in [5, 5.41) is 9.70. The largest absolute Gasteiger partial charge is 0.336 e. The second-order valence-electron chi connectivity index (χ2n) is 11.5. The van der Waals surface area contributed by atoms with Crippen molar-refractivity contribution in [2.75, 3.05) is 23.7 Å². The maximum Gasteiger partial charge on any atom is 0.293 e. The summed E-state index contributed by atoms with van der Waals surface area (Å²) in [4.78, 5) is 30.8. The molecule has 1 heterocycles. The molecule has 0 fully saturated rings. The number of carbonyl (C=O) groups is 1. The molecule has 0 radical (unpaired) electrons. The Labute approximate surface area is 243 Å². The van der Waals surface area contributed by atoms with Crippen LogP contribution in [0.3, 0.4) is 0 Å². The fourth-order valence-corrected chi connectivity index (χ4v) is 4.66. The molecule has 1 aromatic heterocycles. The highest BCUT2D eigenvalue weighted by Gasteiger charge is 2.16.